The standard InChI is InChI=1S/C18H22N2O3.ClH/c1-13-3-8-17(22-2)15(9-13)11-20-10-14-4-6-16(7-5-14)23-12-18(19)21;/h3-9,20H,10-12H2,1-2H3,(H2,19,21);1H. The maximum atomic E-state index is 10.7. The van der Waals surface area contributed by atoms with Crippen molar-refractivity contribution in [2.45, 2.75) is 20.0 Å². The highest BCUT2D eigenvalue weighted by Crippen LogP contribution is 2.19. The van der Waals surface area contributed by atoms with Gasteiger partial charge in [-0.3, -0.25) is 4.79 Å². The molecule has 0 unspecified atom stereocenters. The molecule has 24 heavy (non-hydrogen) atoms. The first kappa shape index (κ1) is 19.8. The molecule has 2 rings (SSSR count). The highest BCUT2D eigenvalue weighted by Gasteiger charge is 2.03. The molecule has 0 saturated carbocycles. The summed E-state index contributed by atoms with van der Waals surface area (Å²) in [5.41, 5.74) is 8.51. The average Bonchev–Trinajstić information content (AvgIpc) is 2.54. The number of benzene rings is 2. The number of hydrogen-bond acceptors (Lipinski definition) is 4. The van der Waals surface area contributed by atoms with Crippen molar-refractivity contribution in [2.24, 2.45) is 5.73 Å². The van der Waals surface area contributed by atoms with Crippen LogP contribution >= 0.6 is 12.4 Å². The summed E-state index contributed by atoms with van der Waals surface area (Å²) in [5.74, 6) is 1.04. The Morgan fingerprint density at radius 3 is 2.46 bits per heavy atom. The number of methoxy groups -OCH3 is 1. The molecule has 0 aliphatic heterocycles. The molecule has 2 aromatic rings. The van der Waals surface area contributed by atoms with Crippen LogP contribution in [0.4, 0.5) is 0 Å². The Hall–Kier alpha value is -2.24. The molecule has 130 valence electrons. The van der Waals surface area contributed by atoms with E-state index in [2.05, 4.69) is 18.3 Å². The maximum absolute atomic E-state index is 10.7. The fraction of sp³-hybridized carbons (Fsp3) is 0.278. The quantitative estimate of drug-likeness (QED) is 0.767. The molecule has 0 aliphatic carbocycles. The van der Waals surface area contributed by atoms with Crippen molar-refractivity contribution in [3.05, 3.63) is 59.2 Å². The van der Waals surface area contributed by atoms with Gasteiger partial charge in [0.15, 0.2) is 6.61 Å². The van der Waals surface area contributed by atoms with Gasteiger partial charge in [0.1, 0.15) is 11.5 Å². The summed E-state index contributed by atoms with van der Waals surface area (Å²) in [7, 11) is 1.68. The van der Waals surface area contributed by atoms with Gasteiger partial charge < -0.3 is 20.5 Å². The van der Waals surface area contributed by atoms with E-state index in [0.717, 1.165) is 30.0 Å². The number of hydrogen-bond donors (Lipinski definition) is 2. The van der Waals surface area contributed by atoms with Crippen LogP contribution in [0.3, 0.4) is 0 Å². The summed E-state index contributed by atoms with van der Waals surface area (Å²) >= 11 is 0. The number of amides is 1. The second-order valence-electron chi connectivity index (χ2n) is 5.32. The molecular weight excluding hydrogens is 328 g/mol. The molecule has 0 fully saturated rings. The van der Waals surface area contributed by atoms with E-state index in [4.69, 9.17) is 15.2 Å². The Balaban J connectivity index is 0.00000288. The van der Waals surface area contributed by atoms with Crippen molar-refractivity contribution in [1.29, 1.82) is 0 Å². The lowest BCUT2D eigenvalue weighted by atomic mass is 10.1. The van der Waals surface area contributed by atoms with Crippen LogP contribution in [0.1, 0.15) is 16.7 Å². The third kappa shape index (κ3) is 6.10. The van der Waals surface area contributed by atoms with Crippen LogP contribution in [0.5, 0.6) is 11.5 Å². The van der Waals surface area contributed by atoms with Gasteiger partial charge >= 0.3 is 0 Å². The Morgan fingerprint density at radius 1 is 1.12 bits per heavy atom. The van der Waals surface area contributed by atoms with Gasteiger partial charge in [0.25, 0.3) is 5.91 Å². The molecule has 0 atom stereocenters. The van der Waals surface area contributed by atoms with E-state index in [9.17, 15) is 4.79 Å². The summed E-state index contributed by atoms with van der Waals surface area (Å²) in [6, 6.07) is 13.7. The topological polar surface area (TPSA) is 73.6 Å². The van der Waals surface area contributed by atoms with E-state index in [1.165, 1.54) is 5.56 Å². The van der Waals surface area contributed by atoms with E-state index < -0.39 is 5.91 Å². The number of nitrogens with one attached hydrogen (secondary N) is 1. The molecule has 0 spiro atoms. The van der Waals surface area contributed by atoms with Crippen molar-refractivity contribution >= 4 is 18.3 Å². The van der Waals surface area contributed by atoms with E-state index in [1.54, 1.807) is 7.11 Å². The number of ether oxygens (including phenoxy) is 2. The Bertz CT molecular complexity index is 660. The second-order valence-corrected chi connectivity index (χ2v) is 5.32. The number of aryl methyl sites for hydroxylation is 1. The minimum Gasteiger partial charge on any atom is -0.496 e. The lowest BCUT2D eigenvalue weighted by Crippen LogP contribution is -2.20. The summed E-state index contributed by atoms with van der Waals surface area (Å²) in [6.07, 6.45) is 0. The predicted molar refractivity (Wildman–Crippen MR) is 96.7 cm³/mol. The minimum atomic E-state index is -0.483. The first-order valence-corrected chi connectivity index (χ1v) is 7.43. The molecule has 0 aromatic heterocycles. The van der Waals surface area contributed by atoms with Gasteiger partial charge in [-0.1, -0.05) is 29.8 Å². The van der Waals surface area contributed by atoms with Crippen LogP contribution < -0.4 is 20.5 Å². The van der Waals surface area contributed by atoms with Gasteiger partial charge in [0.05, 0.1) is 7.11 Å². The highest BCUT2D eigenvalue weighted by atomic mass is 35.5. The zero-order chi connectivity index (χ0) is 16.7. The molecule has 0 saturated heterocycles. The van der Waals surface area contributed by atoms with Crippen LogP contribution in [-0.2, 0) is 17.9 Å². The molecule has 5 nitrogen and oxygen atoms in total. The predicted octanol–water partition coefficient (Wildman–Crippen LogP) is 2.58. The molecule has 0 radical (unpaired) electrons. The van der Waals surface area contributed by atoms with E-state index in [0.29, 0.717) is 5.75 Å². The Kier molecular flexibility index (Phi) is 8.09. The third-order valence-electron chi connectivity index (χ3n) is 3.38. The lowest BCUT2D eigenvalue weighted by Gasteiger charge is -2.11. The fourth-order valence-corrected chi connectivity index (χ4v) is 2.25. The largest absolute Gasteiger partial charge is 0.496 e. The summed E-state index contributed by atoms with van der Waals surface area (Å²) in [4.78, 5) is 10.7. The third-order valence-corrected chi connectivity index (χ3v) is 3.38. The van der Waals surface area contributed by atoms with Crippen LogP contribution in [-0.4, -0.2) is 19.6 Å². The summed E-state index contributed by atoms with van der Waals surface area (Å²) in [6.45, 7) is 3.41. The first-order chi connectivity index (χ1) is 11.1. The van der Waals surface area contributed by atoms with Gasteiger partial charge in [-0.2, -0.15) is 0 Å². The van der Waals surface area contributed by atoms with Crippen molar-refractivity contribution in [3.63, 3.8) is 0 Å². The lowest BCUT2D eigenvalue weighted by molar-refractivity contribution is -0.119. The zero-order valence-electron chi connectivity index (χ0n) is 13.9. The van der Waals surface area contributed by atoms with Gasteiger partial charge in [-0.05, 0) is 30.7 Å². The molecule has 3 N–H and O–H groups in total. The number of primary amides is 1. The number of rotatable bonds is 8. The van der Waals surface area contributed by atoms with Crippen molar-refractivity contribution in [3.8, 4) is 11.5 Å². The molecule has 6 heteroatoms. The molecule has 0 aliphatic rings. The first-order valence-electron chi connectivity index (χ1n) is 7.43. The Morgan fingerprint density at radius 2 is 1.83 bits per heavy atom. The smallest absolute Gasteiger partial charge is 0.255 e. The van der Waals surface area contributed by atoms with Crippen molar-refractivity contribution in [2.75, 3.05) is 13.7 Å². The average molecular weight is 351 g/mol. The SMILES string of the molecule is COc1ccc(C)cc1CNCc1ccc(OCC(N)=O)cc1.Cl. The van der Waals surface area contributed by atoms with Crippen LogP contribution in [0, 0.1) is 6.92 Å². The highest BCUT2D eigenvalue weighted by molar-refractivity contribution is 5.85. The normalized spacial score (nSPS) is 9.92. The monoisotopic (exact) mass is 350 g/mol. The number of carbonyl (C=O) groups excluding carboxylic acids is 1. The van der Waals surface area contributed by atoms with Gasteiger partial charge in [0, 0.05) is 18.7 Å². The van der Waals surface area contributed by atoms with Crippen LogP contribution in [0.25, 0.3) is 0 Å². The zero-order valence-corrected chi connectivity index (χ0v) is 14.7. The fourth-order valence-electron chi connectivity index (χ4n) is 2.25. The Labute approximate surface area is 148 Å². The molecule has 2 aromatic carbocycles. The molecule has 0 heterocycles. The minimum absolute atomic E-state index is 0. The molecular formula is C18H23ClN2O3. The van der Waals surface area contributed by atoms with Crippen molar-refractivity contribution in [1.82, 2.24) is 5.32 Å². The number of nitrogens with two attached hydrogens (primary N) is 1. The number of carbonyl (C=O) groups is 1. The van der Waals surface area contributed by atoms with Crippen LogP contribution in [0.15, 0.2) is 42.5 Å². The van der Waals surface area contributed by atoms with Crippen molar-refractivity contribution < 1.29 is 14.3 Å². The number of halogens is 1. The molecule has 1 amide bonds. The maximum Gasteiger partial charge on any atom is 0.255 e. The van der Waals surface area contributed by atoms with Gasteiger partial charge in [-0.15, -0.1) is 12.4 Å². The van der Waals surface area contributed by atoms with Gasteiger partial charge in [-0.25, -0.2) is 0 Å². The summed E-state index contributed by atoms with van der Waals surface area (Å²) in [5, 5.41) is 3.39. The molecule has 0 bridgehead atoms. The second kappa shape index (κ2) is 9.80. The van der Waals surface area contributed by atoms with E-state index in [1.807, 2.05) is 36.4 Å². The van der Waals surface area contributed by atoms with Crippen LogP contribution in [0.2, 0.25) is 0 Å². The van der Waals surface area contributed by atoms with E-state index in [-0.39, 0.29) is 19.0 Å². The van der Waals surface area contributed by atoms with E-state index >= 15 is 0 Å². The summed E-state index contributed by atoms with van der Waals surface area (Å²) < 4.78 is 10.6. The van der Waals surface area contributed by atoms with Gasteiger partial charge in [0.2, 0.25) is 0 Å².